The van der Waals surface area contributed by atoms with Gasteiger partial charge in [0.2, 0.25) is 6.41 Å². The van der Waals surface area contributed by atoms with E-state index < -0.39 is 0 Å². The van der Waals surface area contributed by atoms with E-state index in [0.29, 0.717) is 29.1 Å². The van der Waals surface area contributed by atoms with E-state index in [1.807, 2.05) is 34.9 Å². The molecule has 0 aliphatic carbocycles. The van der Waals surface area contributed by atoms with Gasteiger partial charge in [-0.15, -0.1) is 0 Å². The third kappa shape index (κ3) is 4.94. The summed E-state index contributed by atoms with van der Waals surface area (Å²) in [6.45, 7) is 2.09. The summed E-state index contributed by atoms with van der Waals surface area (Å²) in [4.78, 5) is 41.1. The number of benzene rings is 2. The number of fused-ring (bicyclic) bond motifs is 1. The van der Waals surface area contributed by atoms with Crippen molar-refractivity contribution in [3.63, 3.8) is 0 Å². The number of aryl methyl sites for hydroxylation is 1. The lowest BCUT2D eigenvalue weighted by Gasteiger charge is -2.17. The van der Waals surface area contributed by atoms with Gasteiger partial charge in [-0.2, -0.15) is 0 Å². The van der Waals surface area contributed by atoms with Crippen LogP contribution in [0.1, 0.15) is 49.0 Å². The molecule has 0 spiro atoms. The highest BCUT2D eigenvalue weighted by Gasteiger charge is 2.32. The van der Waals surface area contributed by atoms with Crippen molar-refractivity contribution in [2.75, 3.05) is 12.4 Å². The van der Waals surface area contributed by atoms with Crippen LogP contribution < -0.4 is 10.9 Å². The van der Waals surface area contributed by atoms with E-state index in [2.05, 4.69) is 12.2 Å². The van der Waals surface area contributed by atoms with E-state index in [1.54, 1.807) is 24.3 Å². The van der Waals surface area contributed by atoms with Crippen LogP contribution in [-0.4, -0.2) is 29.8 Å². The van der Waals surface area contributed by atoms with Crippen molar-refractivity contribution in [3.05, 3.63) is 92.5 Å². The van der Waals surface area contributed by atoms with Crippen molar-refractivity contribution >= 4 is 41.0 Å². The highest BCUT2D eigenvalue weighted by Crippen LogP contribution is 2.39. The van der Waals surface area contributed by atoms with Gasteiger partial charge in [0.1, 0.15) is 0 Å². The lowest BCUT2D eigenvalue weighted by Crippen LogP contribution is -2.27. The lowest BCUT2D eigenvalue weighted by molar-refractivity contribution is -0.139. The molecule has 3 heterocycles. The molecular weight excluding hydrogens is 502 g/mol. The van der Waals surface area contributed by atoms with Crippen LogP contribution in [0.25, 0.3) is 16.7 Å². The van der Waals surface area contributed by atoms with Gasteiger partial charge in [0.25, 0.3) is 5.56 Å². The van der Waals surface area contributed by atoms with E-state index >= 15 is 0 Å². The molecule has 0 fully saturated rings. The van der Waals surface area contributed by atoms with Crippen molar-refractivity contribution in [1.82, 2.24) is 4.57 Å². The molecular formula is C30H28ClN3O4. The van der Waals surface area contributed by atoms with Gasteiger partial charge in [-0.1, -0.05) is 42.8 Å². The number of nitrogens with one attached hydrogen (secondary N) is 1. The molecule has 8 heteroatoms. The summed E-state index contributed by atoms with van der Waals surface area (Å²) in [7, 11) is 1.39. The van der Waals surface area contributed by atoms with Gasteiger partial charge in [0, 0.05) is 45.9 Å². The standard InChI is InChI=1S/C30H28ClN3O4/c1-3-25-24(19-6-4-18(5-7-19)12-30(37)38-2)16-27(33-25)28-11-9-22-13-20(14-29(36)34(22)28)23-15-21(31)8-10-26(23)32-17-35/h4-8,10,13-15,17,28H,3,9,11-12,16H2,1-2H3,(H,32,35). The minimum absolute atomic E-state index is 0.0987. The van der Waals surface area contributed by atoms with Gasteiger partial charge < -0.3 is 14.6 Å². The number of carbonyl (C=O) groups excluding carboxylic acids is 2. The Morgan fingerprint density at radius 1 is 1.16 bits per heavy atom. The van der Waals surface area contributed by atoms with E-state index in [-0.39, 0.29) is 24.0 Å². The molecule has 1 aromatic heterocycles. The van der Waals surface area contributed by atoms with Crippen LogP contribution in [0.2, 0.25) is 5.02 Å². The highest BCUT2D eigenvalue weighted by atomic mass is 35.5. The number of allylic oxidation sites excluding steroid dienone is 2. The van der Waals surface area contributed by atoms with Gasteiger partial charge in [0.05, 0.1) is 19.6 Å². The quantitative estimate of drug-likeness (QED) is 0.303. The smallest absolute Gasteiger partial charge is 0.309 e. The van der Waals surface area contributed by atoms with Crippen LogP contribution in [0.15, 0.2) is 70.1 Å². The summed E-state index contributed by atoms with van der Waals surface area (Å²) < 4.78 is 6.62. The number of nitrogens with zero attached hydrogens (tertiary/aromatic N) is 2. The number of anilines is 1. The molecule has 1 N–H and O–H groups in total. The van der Waals surface area contributed by atoms with Crippen LogP contribution in [-0.2, 0) is 27.2 Å². The number of carbonyl (C=O) groups is 2. The van der Waals surface area contributed by atoms with Gasteiger partial charge in [-0.3, -0.25) is 19.4 Å². The normalized spacial score (nSPS) is 16.3. The maximum Gasteiger partial charge on any atom is 0.309 e. The summed E-state index contributed by atoms with van der Waals surface area (Å²) in [5, 5.41) is 3.22. The van der Waals surface area contributed by atoms with Crippen LogP contribution in [0, 0.1) is 0 Å². The molecule has 0 saturated carbocycles. The number of esters is 1. The number of aromatic nitrogens is 1. The maximum atomic E-state index is 13.4. The Kier molecular flexibility index (Phi) is 7.29. The fraction of sp³-hybridized carbons (Fsp3) is 0.267. The predicted molar refractivity (Wildman–Crippen MR) is 150 cm³/mol. The number of methoxy groups -OCH3 is 1. The Balaban J connectivity index is 1.41. The molecule has 2 aliphatic rings. The minimum Gasteiger partial charge on any atom is -0.469 e. The first-order chi connectivity index (χ1) is 18.4. The monoisotopic (exact) mass is 529 g/mol. The Morgan fingerprint density at radius 3 is 2.66 bits per heavy atom. The maximum absolute atomic E-state index is 13.4. The van der Waals surface area contributed by atoms with Gasteiger partial charge in [0.15, 0.2) is 0 Å². The summed E-state index contributed by atoms with van der Waals surface area (Å²) in [6.07, 6.45) is 3.88. The van der Waals surface area contributed by atoms with Crippen molar-refractivity contribution < 1.29 is 14.3 Å². The Morgan fingerprint density at radius 2 is 1.95 bits per heavy atom. The van der Waals surface area contributed by atoms with Crippen LogP contribution in [0.5, 0.6) is 0 Å². The zero-order valence-electron chi connectivity index (χ0n) is 21.3. The summed E-state index contributed by atoms with van der Waals surface area (Å²) in [5.74, 6) is -0.266. The number of pyridine rings is 1. The highest BCUT2D eigenvalue weighted by molar-refractivity contribution is 6.31. The largest absolute Gasteiger partial charge is 0.469 e. The van der Waals surface area contributed by atoms with E-state index in [9.17, 15) is 14.4 Å². The number of aliphatic imine (C=N–C) groups is 1. The molecule has 38 heavy (non-hydrogen) atoms. The Bertz CT molecular complexity index is 1540. The molecule has 194 valence electrons. The fourth-order valence-corrected chi connectivity index (χ4v) is 5.56. The number of hydrogen-bond acceptors (Lipinski definition) is 5. The molecule has 7 nitrogen and oxygen atoms in total. The predicted octanol–water partition coefficient (Wildman–Crippen LogP) is 5.61. The molecule has 1 unspecified atom stereocenters. The van der Waals surface area contributed by atoms with Crippen molar-refractivity contribution in [2.24, 2.45) is 4.99 Å². The summed E-state index contributed by atoms with van der Waals surface area (Å²) in [6, 6.07) is 16.7. The average molecular weight is 530 g/mol. The number of ether oxygens (including phenoxy) is 1. The second-order valence-corrected chi connectivity index (χ2v) is 9.90. The average Bonchev–Trinajstić information content (AvgIpc) is 3.55. The first kappa shape index (κ1) is 25.7. The van der Waals surface area contributed by atoms with Crippen LogP contribution in [0.4, 0.5) is 5.69 Å². The van der Waals surface area contributed by atoms with Gasteiger partial charge in [-0.25, -0.2) is 0 Å². The SMILES string of the molecule is CCC1=C(c2ccc(CC(=O)OC)cc2)CC(C2CCc3cc(-c4cc(Cl)ccc4NC=O)cc(=O)n32)=N1. The number of halogens is 1. The topological polar surface area (TPSA) is 89.8 Å². The minimum atomic E-state index is -0.266. The van der Waals surface area contributed by atoms with Gasteiger partial charge in [-0.05, 0) is 65.8 Å². The van der Waals surface area contributed by atoms with E-state index in [0.717, 1.165) is 58.6 Å². The molecule has 0 radical (unpaired) electrons. The lowest BCUT2D eigenvalue weighted by atomic mass is 9.95. The number of amides is 1. The van der Waals surface area contributed by atoms with Crippen molar-refractivity contribution in [2.45, 2.75) is 45.1 Å². The third-order valence-corrected chi connectivity index (χ3v) is 7.46. The zero-order valence-corrected chi connectivity index (χ0v) is 22.0. The summed E-state index contributed by atoms with van der Waals surface area (Å²) >= 11 is 6.22. The molecule has 3 aromatic rings. The van der Waals surface area contributed by atoms with E-state index in [1.165, 1.54) is 7.11 Å². The fourth-order valence-electron chi connectivity index (χ4n) is 5.39. The van der Waals surface area contributed by atoms with Crippen molar-refractivity contribution in [3.8, 4) is 11.1 Å². The molecule has 1 atom stereocenters. The van der Waals surface area contributed by atoms with Crippen LogP contribution in [0.3, 0.4) is 0 Å². The Labute approximate surface area is 225 Å². The molecule has 1 amide bonds. The summed E-state index contributed by atoms with van der Waals surface area (Å²) in [5.41, 5.74) is 8.04. The van der Waals surface area contributed by atoms with Crippen molar-refractivity contribution in [1.29, 1.82) is 0 Å². The van der Waals surface area contributed by atoms with E-state index in [4.69, 9.17) is 21.3 Å². The second kappa shape index (κ2) is 10.8. The first-order valence-corrected chi connectivity index (χ1v) is 13.0. The first-order valence-electron chi connectivity index (χ1n) is 12.6. The molecule has 2 aromatic carbocycles. The molecule has 5 rings (SSSR count). The third-order valence-electron chi connectivity index (χ3n) is 7.22. The number of hydrogen-bond donors (Lipinski definition) is 1. The van der Waals surface area contributed by atoms with Crippen LogP contribution >= 0.6 is 11.6 Å². The Hall–Kier alpha value is -3.97. The molecule has 0 bridgehead atoms. The zero-order chi connectivity index (χ0) is 26.8. The second-order valence-electron chi connectivity index (χ2n) is 9.46. The number of rotatable bonds is 8. The molecule has 2 aliphatic heterocycles. The van der Waals surface area contributed by atoms with Gasteiger partial charge >= 0.3 is 5.97 Å². The molecule has 0 saturated heterocycles.